The number of carbonyl (C=O) groups is 2. The van der Waals surface area contributed by atoms with Crippen LogP contribution in [0, 0.1) is 0 Å². The van der Waals surface area contributed by atoms with Gasteiger partial charge in [0.15, 0.2) is 15.0 Å². The molecule has 0 spiro atoms. The molecule has 0 aliphatic carbocycles. The van der Waals surface area contributed by atoms with E-state index in [1.54, 1.807) is 0 Å². The van der Waals surface area contributed by atoms with Gasteiger partial charge in [0.25, 0.3) is 5.91 Å². The van der Waals surface area contributed by atoms with Gasteiger partial charge in [-0.15, -0.1) is 0 Å². The van der Waals surface area contributed by atoms with Gasteiger partial charge in [0.1, 0.15) is 13.2 Å². The molecule has 3 rings (SSSR count). The number of carbonyl (C=O) groups excluding carboxylic acids is 1. The smallest absolute Gasteiger partial charge is 0.416 e. The lowest BCUT2D eigenvalue weighted by Crippen LogP contribution is -2.38. The van der Waals surface area contributed by atoms with Gasteiger partial charge in [0, 0.05) is 5.25 Å². The number of alkyl halides is 3. The van der Waals surface area contributed by atoms with Gasteiger partial charge in [-0.25, -0.2) is 13.2 Å². The van der Waals surface area contributed by atoms with Crippen LogP contribution in [0.5, 0.6) is 0 Å². The fraction of sp³-hybridized carbons (Fsp3) is 0.438. The average Bonchev–Trinajstić information content (AvgIpc) is 3.05. The van der Waals surface area contributed by atoms with Crippen molar-refractivity contribution >= 4 is 55.9 Å². The molecule has 0 radical (unpaired) electrons. The van der Waals surface area contributed by atoms with Crippen molar-refractivity contribution in [3.63, 3.8) is 0 Å². The summed E-state index contributed by atoms with van der Waals surface area (Å²) >= 11 is 7.05. The van der Waals surface area contributed by atoms with Crippen LogP contribution in [0.3, 0.4) is 0 Å². The number of rotatable bonds is 5. The number of ether oxygens (including phenoxy) is 1. The van der Waals surface area contributed by atoms with Gasteiger partial charge in [-0.1, -0.05) is 23.4 Å². The normalized spacial score (nSPS) is 24.3. The van der Waals surface area contributed by atoms with Crippen LogP contribution >= 0.6 is 23.4 Å². The number of hydrogen-bond donors (Lipinski definition) is 1. The predicted molar refractivity (Wildman–Crippen MR) is 104 cm³/mol. The summed E-state index contributed by atoms with van der Waals surface area (Å²) in [6.07, 6.45) is -4.66. The molecule has 2 saturated heterocycles. The van der Waals surface area contributed by atoms with Crippen LogP contribution in [0.2, 0.25) is 5.02 Å². The largest absolute Gasteiger partial charge is 0.480 e. The number of thioether (sulfide) groups is 1. The highest BCUT2D eigenvalue weighted by molar-refractivity contribution is 8.16. The Morgan fingerprint density at radius 2 is 2.00 bits per heavy atom. The molecule has 2 atom stereocenters. The number of fused-ring (bicyclic) bond motifs is 1. The molecular weight excluding hydrogens is 473 g/mol. The van der Waals surface area contributed by atoms with Crippen molar-refractivity contribution in [1.29, 1.82) is 0 Å². The van der Waals surface area contributed by atoms with Crippen LogP contribution in [0.1, 0.15) is 5.56 Å². The Bertz CT molecular complexity index is 1010. The number of amides is 1. The maximum absolute atomic E-state index is 13.2. The Morgan fingerprint density at radius 3 is 2.63 bits per heavy atom. The molecular formula is C16H14ClF3N2O6S2. The van der Waals surface area contributed by atoms with E-state index in [0.717, 1.165) is 30.0 Å². The van der Waals surface area contributed by atoms with E-state index in [2.05, 4.69) is 9.73 Å². The monoisotopic (exact) mass is 486 g/mol. The minimum Gasteiger partial charge on any atom is -0.480 e. The summed E-state index contributed by atoms with van der Waals surface area (Å²) < 4.78 is 68.3. The second kappa shape index (κ2) is 8.36. The number of anilines is 1. The fourth-order valence-corrected chi connectivity index (χ4v) is 7.22. The number of halogens is 4. The zero-order chi connectivity index (χ0) is 22.3. The van der Waals surface area contributed by atoms with Crippen LogP contribution in [0.4, 0.5) is 18.9 Å². The lowest BCUT2D eigenvalue weighted by Gasteiger charge is -2.26. The highest BCUT2D eigenvalue weighted by atomic mass is 35.5. The second-order valence-electron chi connectivity index (χ2n) is 6.51. The predicted octanol–water partition coefficient (Wildman–Crippen LogP) is 2.06. The molecule has 0 aromatic heterocycles. The van der Waals surface area contributed by atoms with Gasteiger partial charge in [-0.2, -0.15) is 18.2 Å². The summed E-state index contributed by atoms with van der Waals surface area (Å²) in [7, 11) is -3.43. The van der Waals surface area contributed by atoms with Crippen molar-refractivity contribution in [2.24, 2.45) is 4.99 Å². The number of carboxylic acids is 1. The van der Waals surface area contributed by atoms with Crippen molar-refractivity contribution in [3.8, 4) is 0 Å². The first-order valence-electron chi connectivity index (χ1n) is 8.31. The third-order valence-electron chi connectivity index (χ3n) is 4.27. The maximum Gasteiger partial charge on any atom is 0.416 e. The van der Waals surface area contributed by atoms with Crippen LogP contribution in [-0.2, 0) is 30.3 Å². The molecule has 14 heteroatoms. The molecule has 2 fully saturated rings. The van der Waals surface area contributed by atoms with Gasteiger partial charge in [-0.3, -0.25) is 4.79 Å². The second-order valence-corrected chi connectivity index (χ2v) is 10.3. The van der Waals surface area contributed by atoms with Gasteiger partial charge >= 0.3 is 12.1 Å². The standard InChI is InChI=1S/C16H14ClF3N2O6S2/c17-9-2-1-8(16(18,19)20)3-10(9)22-11-6-30(26,27)7-12(11)29-15(22)21-13(23)4-28-5-14(24)25/h1-3,11-12H,4-7H2,(H,24,25)/t11-,12+/m1/s1. The number of nitrogens with zero attached hydrogens (tertiary/aromatic N) is 2. The SMILES string of the molecule is O=C(O)COCC(=O)N=C1S[C@H]2CS(=O)(=O)C[C@H]2N1c1cc(C(F)(F)F)ccc1Cl. The van der Waals surface area contributed by atoms with Crippen molar-refractivity contribution in [2.45, 2.75) is 17.5 Å². The number of aliphatic carboxylic acids is 1. The Hall–Kier alpha value is -1.83. The summed E-state index contributed by atoms with van der Waals surface area (Å²) in [6, 6.07) is 1.85. The van der Waals surface area contributed by atoms with E-state index in [4.69, 9.17) is 16.7 Å². The first-order chi connectivity index (χ1) is 13.9. The number of hydrogen-bond acceptors (Lipinski definition) is 6. The van der Waals surface area contributed by atoms with Gasteiger partial charge in [-0.05, 0) is 18.2 Å². The molecule has 2 aliphatic rings. The van der Waals surface area contributed by atoms with Crippen LogP contribution in [-0.4, -0.2) is 66.6 Å². The topological polar surface area (TPSA) is 113 Å². The van der Waals surface area contributed by atoms with Gasteiger partial charge < -0.3 is 14.7 Å². The van der Waals surface area contributed by atoms with Crippen LogP contribution in [0.15, 0.2) is 23.2 Å². The van der Waals surface area contributed by atoms with E-state index < -0.39 is 58.0 Å². The third kappa shape index (κ3) is 5.07. The number of sulfone groups is 1. The van der Waals surface area contributed by atoms with Gasteiger partial charge in [0.05, 0.1) is 33.8 Å². The van der Waals surface area contributed by atoms with E-state index in [1.807, 2.05) is 0 Å². The lowest BCUT2D eigenvalue weighted by molar-refractivity contribution is -0.143. The molecule has 1 aromatic carbocycles. The van der Waals surface area contributed by atoms with Crippen molar-refractivity contribution in [3.05, 3.63) is 28.8 Å². The Morgan fingerprint density at radius 1 is 1.30 bits per heavy atom. The molecule has 164 valence electrons. The third-order valence-corrected chi connectivity index (χ3v) is 7.80. The summed E-state index contributed by atoms with van der Waals surface area (Å²) in [5.74, 6) is -2.71. The summed E-state index contributed by atoms with van der Waals surface area (Å²) in [5.41, 5.74) is -1.12. The molecule has 0 unspecified atom stereocenters. The van der Waals surface area contributed by atoms with Crippen molar-refractivity contribution < 1.29 is 41.0 Å². The Kier molecular flexibility index (Phi) is 6.37. The molecule has 2 aliphatic heterocycles. The average molecular weight is 487 g/mol. The molecule has 30 heavy (non-hydrogen) atoms. The number of benzene rings is 1. The highest BCUT2D eigenvalue weighted by Crippen LogP contribution is 2.44. The van der Waals surface area contributed by atoms with E-state index >= 15 is 0 Å². The number of carboxylic acid groups (broad SMARTS) is 1. The number of amidine groups is 1. The highest BCUT2D eigenvalue weighted by Gasteiger charge is 2.50. The van der Waals surface area contributed by atoms with Crippen LogP contribution < -0.4 is 4.90 Å². The molecule has 1 N–H and O–H groups in total. The first kappa shape index (κ1) is 22.8. The summed E-state index contributed by atoms with van der Waals surface area (Å²) in [5, 5.41) is 7.89. The summed E-state index contributed by atoms with van der Waals surface area (Å²) in [6.45, 7) is -1.38. The molecule has 1 aromatic rings. The zero-order valence-electron chi connectivity index (χ0n) is 14.9. The van der Waals surface area contributed by atoms with Crippen molar-refractivity contribution in [2.75, 3.05) is 29.6 Å². The fourth-order valence-electron chi connectivity index (χ4n) is 3.08. The minimum absolute atomic E-state index is 0.0231. The van der Waals surface area contributed by atoms with Crippen LogP contribution in [0.25, 0.3) is 0 Å². The first-order valence-corrected chi connectivity index (χ1v) is 11.4. The van der Waals surface area contributed by atoms with E-state index in [0.29, 0.717) is 0 Å². The lowest BCUT2D eigenvalue weighted by atomic mass is 10.1. The van der Waals surface area contributed by atoms with E-state index in [-0.39, 0.29) is 27.4 Å². The number of aliphatic imine (C=N–C) groups is 1. The van der Waals surface area contributed by atoms with E-state index in [1.165, 1.54) is 4.90 Å². The van der Waals surface area contributed by atoms with E-state index in [9.17, 15) is 31.2 Å². The molecule has 2 heterocycles. The molecule has 8 nitrogen and oxygen atoms in total. The maximum atomic E-state index is 13.2. The Labute approximate surface area is 178 Å². The quantitative estimate of drug-likeness (QED) is 0.673. The van der Waals surface area contributed by atoms with Crippen molar-refractivity contribution in [1.82, 2.24) is 0 Å². The zero-order valence-corrected chi connectivity index (χ0v) is 17.3. The Balaban J connectivity index is 1.97. The molecule has 1 amide bonds. The van der Waals surface area contributed by atoms with Gasteiger partial charge in [0.2, 0.25) is 0 Å². The minimum atomic E-state index is -4.66. The molecule has 0 bridgehead atoms. The molecule has 0 saturated carbocycles. The summed E-state index contributed by atoms with van der Waals surface area (Å²) in [4.78, 5) is 27.5.